The van der Waals surface area contributed by atoms with Crippen LogP contribution in [-0.4, -0.2) is 29.8 Å². The summed E-state index contributed by atoms with van der Waals surface area (Å²) >= 11 is 1.81. The molecule has 1 atom stereocenters. The summed E-state index contributed by atoms with van der Waals surface area (Å²) in [7, 11) is 0. The SMILES string of the molecule is CSCCC(O)C1(CN)CCCCCC1. The largest absolute Gasteiger partial charge is 0.392 e. The first kappa shape index (κ1) is 13.3. The van der Waals surface area contributed by atoms with Gasteiger partial charge in [-0.05, 0) is 31.3 Å². The maximum absolute atomic E-state index is 10.3. The number of rotatable bonds is 5. The molecule has 1 saturated carbocycles. The lowest BCUT2D eigenvalue weighted by Gasteiger charge is -2.36. The quantitative estimate of drug-likeness (QED) is 0.714. The predicted octanol–water partition coefficient (Wildman–Crippen LogP) is 2.40. The zero-order valence-electron chi connectivity index (χ0n) is 9.87. The molecule has 0 bridgehead atoms. The van der Waals surface area contributed by atoms with E-state index in [1.165, 1.54) is 25.7 Å². The van der Waals surface area contributed by atoms with E-state index in [0.29, 0.717) is 6.54 Å². The van der Waals surface area contributed by atoms with Crippen molar-refractivity contribution < 1.29 is 5.11 Å². The molecule has 3 heteroatoms. The number of nitrogens with two attached hydrogens (primary N) is 1. The van der Waals surface area contributed by atoms with Crippen LogP contribution >= 0.6 is 11.8 Å². The minimum atomic E-state index is -0.187. The maximum Gasteiger partial charge on any atom is 0.0616 e. The highest BCUT2D eigenvalue weighted by molar-refractivity contribution is 7.98. The normalized spacial score (nSPS) is 23.4. The third-order valence-corrected chi connectivity index (χ3v) is 4.45. The van der Waals surface area contributed by atoms with E-state index < -0.39 is 0 Å². The second-order valence-corrected chi connectivity index (χ2v) is 5.76. The molecule has 2 nitrogen and oxygen atoms in total. The van der Waals surface area contributed by atoms with Gasteiger partial charge in [-0.1, -0.05) is 25.7 Å². The molecule has 1 rings (SSSR count). The summed E-state index contributed by atoms with van der Waals surface area (Å²) in [5.41, 5.74) is 5.95. The van der Waals surface area contributed by atoms with E-state index in [1.807, 2.05) is 11.8 Å². The Morgan fingerprint density at radius 1 is 1.27 bits per heavy atom. The molecule has 1 aliphatic rings. The average molecular weight is 231 g/mol. The molecule has 0 heterocycles. The Morgan fingerprint density at radius 2 is 1.87 bits per heavy atom. The molecule has 15 heavy (non-hydrogen) atoms. The van der Waals surface area contributed by atoms with Crippen LogP contribution in [0, 0.1) is 5.41 Å². The summed E-state index contributed by atoms with van der Waals surface area (Å²) in [6.45, 7) is 0.655. The third-order valence-electron chi connectivity index (χ3n) is 3.81. The first-order valence-corrected chi connectivity index (χ1v) is 7.51. The lowest BCUT2D eigenvalue weighted by atomic mass is 9.74. The van der Waals surface area contributed by atoms with Crippen molar-refractivity contribution in [2.24, 2.45) is 11.1 Å². The second kappa shape index (κ2) is 6.77. The summed E-state index contributed by atoms with van der Waals surface area (Å²) in [6.07, 6.45) is 10.2. The summed E-state index contributed by atoms with van der Waals surface area (Å²) in [6, 6.07) is 0. The number of hydrogen-bond acceptors (Lipinski definition) is 3. The Morgan fingerprint density at radius 3 is 2.33 bits per heavy atom. The summed E-state index contributed by atoms with van der Waals surface area (Å²) in [5.74, 6) is 1.04. The Balaban J connectivity index is 2.55. The van der Waals surface area contributed by atoms with Gasteiger partial charge in [-0.15, -0.1) is 0 Å². The van der Waals surface area contributed by atoms with Gasteiger partial charge in [0.25, 0.3) is 0 Å². The topological polar surface area (TPSA) is 46.2 Å². The van der Waals surface area contributed by atoms with E-state index in [0.717, 1.165) is 25.0 Å². The lowest BCUT2D eigenvalue weighted by molar-refractivity contribution is 0.0166. The van der Waals surface area contributed by atoms with Gasteiger partial charge in [-0.25, -0.2) is 0 Å². The third kappa shape index (κ3) is 3.65. The van der Waals surface area contributed by atoms with Crippen molar-refractivity contribution in [1.82, 2.24) is 0 Å². The van der Waals surface area contributed by atoms with E-state index in [9.17, 15) is 5.11 Å². The number of aliphatic hydroxyl groups is 1. The van der Waals surface area contributed by atoms with Crippen molar-refractivity contribution in [3.63, 3.8) is 0 Å². The van der Waals surface area contributed by atoms with Crippen molar-refractivity contribution in [2.45, 2.75) is 51.0 Å². The van der Waals surface area contributed by atoms with Crippen molar-refractivity contribution in [3.05, 3.63) is 0 Å². The summed E-state index contributed by atoms with van der Waals surface area (Å²) in [5, 5.41) is 10.3. The zero-order valence-corrected chi connectivity index (χ0v) is 10.7. The van der Waals surface area contributed by atoms with Crippen molar-refractivity contribution in [3.8, 4) is 0 Å². The summed E-state index contributed by atoms with van der Waals surface area (Å²) < 4.78 is 0. The van der Waals surface area contributed by atoms with E-state index in [1.54, 1.807) is 0 Å². The average Bonchev–Trinajstić information content (AvgIpc) is 2.52. The van der Waals surface area contributed by atoms with E-state index in [2.05, 4.69) is 6.26 Å². The highest BCUT2D eigenvalue weighted by Crippen LogP contribution is 2.38. The first-order valence-electron chi connectivity index (χ1n) is 6.12. The minimum absolute atomic E-state index is 0.0340. The van der Waals surface area contributed by atoms with Crippen LogP contribution in [0.15, 0.2) is 0 Å². The Kier molecular flexibility index (Phi) is 6.02. The van der Waals surface area contributed by atoms with Gasteiger partial charge < -0.3 is 10.8 Å². The van der Waals surface area contributed by atoms with Gasteiger partial charge >= 0.3 is 0 Å². The molecular weight excluding hydrogens is 206 g/mol. The fourth-order valence-corrected chi connectivity index (χ4v) is 3.10. The smallest absolute Gasteiger partial charge is 0.0616 e. The minimum Gasteiger partial charge on any atom is -0.392 e. The van der Waals surface area contributed by atoms with Crippen LogP contribution < -0.4 is 5.73 Å². The van der Waals surface area contributed by atoms with Crippen LogP contribution in [0.5, 0.6) is 0 Å². The van der Waals surface area contributed by atoms with Crippen LogP contribution in [0.3, 0.4) is 0 Å². The number of aliphatic hydroxyl groups excluding tert-OH is 1. The standard InChI is InChI=1S/C12H25NOS/c1-15-9-6-11(14)12(10-13)7-4-2-3-5-8-12/h11,14H,2-10,13H2,1H3. The molecule has 0 aliphatic heterocycles. The summed E-state index contributed by atoms with van der Waals surface area (Å²) in [4.78, 5) is 0. The molecule has 1 aliphatic carbocycles. The molecule has 0 aromatic carbocycles. The molecule has 3 N–H and O–H groups in total. The van der Waals surface area contributed by atoms with E-state index >= 15 is 0 Å². The predicted molar refractivity (Wildman–Crippen MR) is 68.2 cm³/mol. The molecular formula is C12H25NOS. The number of thioether (sulfide) groups is 1. The highest BCUT2D eigenvalue weighted by Gasteiger charge is 2.36. The fraction of sp³-hybridized carbons (Fsp3) is 1.00. The second-order valence-electron chi connectivity index (χ2n) is 4.78. The van der Waals surface area contributed by atoms with Gasteiger partial charge in [-0.2, -0.15) is 11.8 Å². The van der Waals surface area contributed by atoms with Crippen molar-refractivity contribution >= 4 is 11.8 Å². The molecule has 0 aromatic heterocycles. The number of hydrogen-bond donors (Lipinski definition) is 2. The zero-order chi connectivity index (χ0) is 11.1. The highest BCUT2D eigenvalue weighted by atomic mass is 32.2. The van der Waals surface area contributed by atoms with E-state index in [4.69, 9.17) is 5.73 Å². The van der Waals surface area contributed by atoms with Gasteiger partial charge in [0.2, 0.25) is 0 Å². The van der Waals surface area contributed by atoms with Gasteiger partial charge in [0.15, 0.2) is 0 Å². The van der Waals surface area contributed by atoms with Crippen LogP contribution in [0.25, 0.3) is 0 Å². The molecule has 0 radical (unpaired) electrons. The molecule has 0 aromatic rings. The van der Waals surface area contributed by atoms with Crippen LogP contribution in [-0.2, 0) is 0 Å². The van der Waals surface area contributed by atoms with Crippen molar-refractivity contribution in [1.29, 1.82) is 0 Å². The van der Waals surface area contributed by atoms with Crippen LogP contribution in [0.1, 0.15) is 44.9 Å². The fourth-order valence-electron chi connectivity index (χ4n) is 2.64. The molecule has 0 amide bonds. The molecule has 0 spiro atoms. The van der Waals surface area contributed by atoms with Crippen LogP contribution in [0.4, 0.5) is 0 Å². The molecule has 0 saturated heterocycles. The lowest BCUT2D eigenvalue weighted by Crippen LogP contribution is -2.41. The Bertz CT molecular complexity index is 167. The van der Waals surface area contributed by atoms with Gasteiger partial charge in [-0.3, -0.25) is 0 Å². The van der Waals surface area contributed by atoms with Gasteiger partial charge in [0.05, 0.1) is 6.10 Å². The van der Waals surface area contributed by atoms with E-state index in [-0.39, 0.29) is 11.5 Å². The first-order chi connectivity index (χ1) is 7.25. The monoisotopic (exact) mass is 231 g/mol. The van der Waals surface area contributed by atoms with Gasteiger partial charge in [0.1, 0.15) is 0 Å². The van der Waals surface area contributed by atoms with Crippen molar-refractivity contribution in [2.75, 3.05) is 18.6 Å². The van der Waals surface area contributed by atoms with Crippen LogP contribution in [0.2, 0.25) is 0 Å². The Hall–Kier alpha value is 0.270. The maximum atomic E-state index is 10.3. The Labute approximate surface area is 98.0 Å². The van der Waals surface area contributed by atoms with Gasteiger partial charge in [0, 0.05) is 12.0 Å². The molecule has 90 valence electrons. The molecule has 1 fully saturated rings. The molecule has 1 unspecified atom stereocenters.